The van der Waals surface area contributed by atoms with Gasteiger partial charge < -0.3 is 9.47 Å². The van der Waals surface area contributed by atoms with E-state index in [1.165, 1.54) is 51.4 Å². The Balaban J connectivity index is 2.35. The summed E-state index contributed by atoms with van der Waals surface area (Å²) in [6, 6.07) is 6.79. The molecule has 31 heavy (non-hydrogen) atoms. The second-order valence-electron chi connectivity index (χ2n) is 8.44. The molecule has 0 aliphatic carbocycles. The minimum absolute atomic E-state index is 0.108. The van der Waals surface area contributed by atoms with E-state index in [2.05, 4.69) is 13.8 Å². The molecule has 0 saturated carbocycles. The van der Waals surface area contributed by atoms with Gasteiger partial charge in [0.15, 0.2) is 0 Å². The molecule has 4 heteroatoms. The number of esters is 2. The summed E-state index contributed by atoms with van der Waals surface area (Å²) in [5.74, 6) is -0.875. The van der Waals surface area contributed by atoms with Gasteiger partial charge in [-0.3, -0.25) is 0 Å². The highest BCUT2D eigenvalue weighted by Gasteiger charge is 2.21. The summed E-state index contributed by atoms with van der Waals surface area (Å²) in [7, 11) is 0. The summed E-state index contributed by atoms with van der Waals surface area (Å²) in [5.41, 5.74) is 0.593. The van der Waals surface area contributed by atoms with Gasteiger partial charge in [0.25, 0.3) is 0 Å². The molecule has 1 aromatic rings. The third-order valence-corrected chi connectivity index (χ3v) is 5.71. The molecule has 0 aliphatic rings. The lowest BCUT2D eigenvalue weighted by Gasteiger charge is -2.17. The second-order valence-corrected chi connectivity index (χ2v) is 8.44. The first kappa shape index (κ1) is 27.2. The van der Waals surface area contributed by atoms with Gasteiger partial charge in [-0.15, -0.1) is 0 Å². The molecule has 0 bridgehead atoms. The highest BCUT2D eigenvalue weighted by Crippen LogP contribution is 2.17. The Morgan fingerprint density at radius 3 is 1.77 bits per heavy atom. The summed E-state index contributed by atoms with van der Waals surface area (Å²) in [5, 5.41) is 0. The Bertz CT molecular complexity index is 611. The first-order valence-electron chi connectivity index (χ1n) is 12.6. The van der Waals surface area contributed by atoms with E-state index in [0.29, 0.717) is 17.7 Å². The Hall–Kier alpha value is -1.84. The van der Waals surface area contributed by atoms with Gasteiger partial charge in [-0.25, -0.2) is 9.59 Å². The predicted octanol–water partition coefficient (Wildman–Crippen LogP) is 7.89. The van der Waals surface area contributed by atoms with Crippen LogP contribution in [-0.2, 0) is 9.47 Å². The molecule has 0 fully saturated rings. The molecular weight excluding hydrogens is 388 g/mol. The van der Waals surface area contributed by atoms with Crippen molar-refractivity contribution < 1.29 is 19.1 Å². The average Bonchev–Trinajstić information content (AvgIpc) is 2.79. The minimum atomic E-state index is -0.440. The molecule has 0 aromatic heterocycles. The van der Waals surface area contributed by atoms with Crippen molar-refractivity contribution in [3.8, 4) is 0 Å². The van der Waals surface area contributed by atoms with Crippen LogP contribution in [0.3, 0.4) is 0 Å². The van der Waals surface area contributed by atoms with Gasteiger partial charge >= 0.3 is 11.9 Å². The summed E-state index contributed by atoms with van der Waals surface area (Å²) >= 11 is 0. The SMILES string of the molecule is CCCCCCCCCCCCOC(=O)c1ccccc1C(=O)OC(CC)CCCC. The average molecular weight is 433 g/mol. The van der Waals surface area contributed by atoms with E-state index < -0.39 is 11.9 Å². The maximum Gasteiger partial charge on any atom is 0.339 e. The zero-order valence-corrected chi connectivity index (χ0v) is 20.1. The summed E-state index contributed by atoms with van der Waals surface area (Å²) < 4.78 is 11.1. The second kappa shape index (κ2) is 17.8. The lowest BCUT2D eigenvalue weighted by atomic mass is 10.1. The van der Waals surface area contributed by atoms with Crippen LogP contribution >= 0.6 is 0 Å². The molecule has 0 aliphatic heterocycles. The van der Waals surface area contributed by atoms with E-state index in [1.54, 1.807) is 24.3 Å². The minimum Gasteiger partial charge on any atom is -0.462 e. The van der Waals surface area contributed by atoms with E-state index in [9.17, 15) is 9.59 Å². The predicted molar refractivity (Wildman–Crippen MR) is 128 cm³/mol. The largest absolute Gasteiger partial charge is 0.462 e. The zero-order valence-electron chi connectivity index (χ0n) is 20.1. The van der Waals surface area contributed by atoms with Crippen LogP contribution in [0.25, 0.3) is 0 Å². The molecule has 0 N–H and O–H groups in total. The Kier molecular flexibility index (Phi) is 15.6. The van der Waals surface area contributed by atoms with Crippen LogP contribution in [0, 0.1) is 0 Å². The highest BCUT2D eigenvalue weighted by atomic mass is 16.5. The normalized spacial score (nSPS) is 11.8. The van der Waals surface area contributed by atoms with Gasteiger partial charge in [0.2, 0.25) is 0 Å². The Morgan fingerprint density at radius 2 is 1.23 bits per heavy atom. The smallest absolute Gasteiger partial charge is 0.339 e. The molecular formula is C27H44O4. The Labute approximate surface area is 190 Å². The van der Waals surface area contributed by atoms with Crippen molar-refractivity contribution in [2.75, 3.05) is 6.61 Å². The van der Waals surface area contributed by atoms with Crippen molar-refractivity contribution in [1.82, 2.24) is 0 Å². The van der Waals surface area contributed by atoms with Crippen molar-refractivity contribution in [3.63, 3.8) is 0 Å². The first-order valence-corrected chi connectivity index (χ1v) is 12.6. The van der Waals surface area contributed by atoms with Gasteiger partial charge in [-0.1, -0.05) is 104 Å². The third-order valence-electron chi connectivity index (χ3n) is 5.71. The van der Waals surface area contributed by atoms with Crippen molar-refractivity contribution in [3.05, 3.63) is 35.4 Å². The maximum absolute atomic E-state index is 12.6. The fourth-order valence-electron chi connectivity index (χ4n) is 3.66. The van der Waals surface area contributed by atoms with E-state index in [0.717, 1.165) is 38.5 Å². The van der Waals surface area contributed by atoms with Gasteiger partial charge in [0, 0.05) is 0 Å². The van der Waals surface area contributed by atoms with E-state index in [1.807, 2.05) is 6.92 Å². The molecule has 1 aromatic carbocycles. The van der Waals surface area contributed by atoms with Crippen molar-refractivity contribution in [2.45, 2.75) is 117 Å². The first-order chi connectivity index (χ1) is 15.1. The number of ether oxygens (including phenoxy) is 2. The van der Waals surface area contributed by atoms with E-state index >= 15 is 0 Å². The lowest BCUT2D eigenvalue weighted by Crippen LogP contribution is -2.20. The summed E-state index contributed by atoms with van der Waals surface area (Å²) in [6.45, 7) is 6.77. The molecule has 0 spiro atoms. The van der Waals surface area contributed by atoms with Crippen LogP contribution in [0.1, 0.15) is 131 Å². The number of hydrogen-bond donors (Lipinski definition) is 0. The number of unbranched alkanes of at least 4 members (excludes halogenated alkanes) is 10. The Morgan fingerprint density at radius 1 is 0.710 bits per heavy atom. The summed E-state index contributed by atoms with van der Waals surface area (Å²) in [6.07, 6.45) is 16.0. The van der Waals surface area contributed by atoms with Gasteiger partial charge in [0.1, 0.15) is 6.10 Å². The topological polar surface area (TPSA) is 52.6 Å². The number of carbonyl (C=O) groups excluding carboxylic acids is 2. The molecule has 0 heterocycles. The van der Waals surface area contributed by atoms with Gasteiger partial charge in [-0.2, -0.15) is 0 Å². The van der Waals surface area contributed by atoms with Crippen LogP contribution in [0.5, 0.6) is 0 Å². The van der Waals surface area contributed by atoms with Gasteiger partial charge in [-0.05, 0) is 31.4 Å². The third kappa shape index (κ3) is 11.9. The van der Waals surface area contributed by atoms with Crippen LogP contribution < -0.4 is 0 Å². The molecule has 0 saturated heterocycles. The number of carbonyl (C=O) groups is 2. The molecule has 0 amide bonds. The fraction of sp³-hybridized carbons (Fsp3) is 0.704. The quantitative estimate of drug-likeness (QED) is 0.175. The number of hydrogen-bond acceptors (Lipinski definition) is 4. The van der Waals surface area contributed by atoms with Crippen molar-refractivity contribution in [2.24, 2.45) is 0 Å². The molecule has 1 rings (SSSR count). The summed E-state index contributed by atoms with van der Waals surface area (Å²) in [4.78, 5) is 25.2. The molecule has 1 unspecified atom stereocenters. The number of benzene rings is 1. The monoisotopic (exact) mass is 432 g/mol. The fourth-order valence-corrected chi connectivity index (χ4v) is 3.66. The van der Waals surface area contributed by atoms with Crippen molar-refractivity contribution in [1.29, 1.82) is 0 Å². The maximum atomic E-state index is 12.6. The molecule has 4 nitrogen and oxygen atoms in total. The van der Waals surface area contributed by atoms with E-state index in [-0.39, 0.29) is 6.10 Å². The van der Waals surface area contributed by atoms with Crippen LogP contribution in [0.15, 0.2) is 24.3 Å². The van der Waals surface area contributed by atoms with Crippen LogP contribution in [-0.4, -0.2) is 24.6 Å². The standard InChI is InChI=1S/C27H44O4/c1-4-7-9-10-11-12-13-14-15-18-22-30-26(28)24-20-16-17-21-25(24)27(29)31-23(6-3)19-8-5-2/h16-17,20-21,23H,4-15,18-19,22H2,1-3H3. The molecule has 0 radical (unpaired) electrons. The van der Waals surface area contributed by atoms with Crippen LogP contribution in [0.2, 0.25) is 0 Å². The highest BCUT2D eigenvalue weighted by molar-refractivity contribution is 6.03. The molecule has 1 atom stereocenters. The molecule has 176 valence electrons. The van der Waals surface area contributed by atoms with Crippen molar-refractivity contribution >= 4 is 11.9 Å². The van der Waals surface area contributed by atoms with E-state index in [4.69, 9.17) is 9.47 Å². The lowest BCUT2D eigenvalue weighted by molar-refractivity contribution is 0.0258. The van der Waals surface area contributed by atoms with Crippen LogP contribution in [0.4, 0.5) is 0 Å². The number of rotatable bonds is 18. The zero-order chi connectivity index (χ0) is 22.7. The van der Waals surface area contributed by atoms with Gasteiger partial charge in [0.05, 0.1) is 17.7 Å².